The summed E-state index contributed by atoms with van der Waals surface area (Å²) in [6.07, 6.45) is 0. The number of rotatable bonds is 0. The summed E-state index contributed by atoms with van der Waals surface area (Å²) in [7, 11) is 0. The molecule has 0 rings (SSSR count). The molecule has 0 aromatic carbocycles. The third-order valence-corrected chi connectivity index (χ3v) is 0. The van der Waals surface area contributed by atoms with E-state index in [1.54, 1.807) is 0 Å². The molecule has 0 saturated carbocycles. The average molecular weight is 153 g/mol. The molecule has 0 atom stereocenters. The van der Waals surface area contributed by atoms with Gasteiger partial charge < -0.3 is 0 Å². The third kappa shape index (κ3) is 151. The minimum absolute atomic E-state index is 0. The van der Waals surface area contributed by atoms with Crippen LogP contribution >= 0.6 is 0 Å². The molecule has 0 heterocycles. The van der Waals surface area contributed by atoms with Gasteiger partial charge in [-0.15, -0.1) is 0 Å². The molecule has 0 aliphatic carbocycles. The topological polar surface area (TPSA) is 74.6 Å². The normalized spacial score (nSPS) is 9.67. The van der Waals surface area contributed by atoms with Crippen molar-refractivity contribution in [2.24, 2.45) is 0 Å². The van der Waals surface area contributed by atoms with Gasteiger partial charge in [0.2, 0.25) is 0 Å². The zero-order valence-electron chi connectivity index (χ0n) is 2.12. The van der Waals surface area contributed by atoms with E-state index in [1.165, 1.54) is 0 Å². The second-order valence-electron chi connectivity index (χ2n) is 0.448. The summed E-state index contributed by atoms with van der Waals surface area (Å²) < 4.78 is 31.9. The van der Waals surface area contributed by atoms with E-state index >= 15 is 0 Å². The van der Waals surface area contributed by atoms with Gasteiger partial charge in [0.15, 0.2) is 0 Å². The van der Waals surface area contributed by atoms with Gasteiger partial charge in [-0.05, 0) is 0 Å². The van der Waals surface area contributed by atoms with Gasteiger partial charge in [-0.1, -0.05) is 0 Å². The van der Waals surface area contributed by atoms with E-state index in [1.807, 2.05) is 0 Å². The Balaban J connectivity index is 0. The Bertz CT molecular complexity index is 90.7. The summed E-state index contributed by atoms with van der Waals surface area (Å²) >= 11 is -5.25. The van der Waals surface area contributed by atoms with Gasteiger partial charge in [0, 0.05) is 0 Å². The molecule has 0 unspecified atom stereocenters. The van der Waals surface area contributed by atoms with E-state index in [0.29, 0.717) is 0 Å². The van der Waals surface area contributed by atoms with Gasteiger partial charge >= 0.3 is 48.3 Å². The van der Waals surface area contributed by atoms with Crippen molar-refractivity contribution < 1.29 is 16.0 Å². The van der Waals surface area contributed by atoms with Crippen LogP contribution in [0.1, 0.15) is 0 Å². The molecule has 0 aliphatic heterocycles. The summed E-state index contributed by atoms with van der Waals surface area (Å²) in [5, 5.41) is 0. The van der Waals surface area contributed by atoms with Crippen molar-refractivity contribution in [2.75, 3.05) is 0 Å². The predicted octanol–water partition coefficient (Wildman–Crippen LogP) is -2.38. The second-order valence-corrected chi connectivity index (χ2v) is 2.33. The molecule has 6 heteroatoms. The van der Waals surface area contributed by atoms with Crippen molar-refractivity contribution in [3.63, 3.8) is 0 Å². The molecule has 0 amide bonds. The molecule has 0 aromatic rings. The van der Waals surface area contributed by atoms with Gasteiger partial charge in [0.1, 0.15) is 0 Å². The first-order chi connectivity index (χ1) is 2.00. The first kappa shape index (κ1) is 9.81. The zero-order chi connectivity index (χ0) is 4.50. The molecule has 2 N–H and O–H groups in total. The van der Waals surface area contributed by atoms with Gasteiger partial charge in [0.05, 0.1) is 0 Å². The summed E-state index contributed by atoms with van der Waals surface area (Å²) in [6.45, 7) is 0. The zero-order valence-corrected chi connectivity index (χ0v) is 3.83. The average Bonchev–Trinajstić information content (AvgIpc) is 0.722. The maximum absolute atomic E-state index is 8.82. The molecule has 0 aliphatic rings. The third-order valence-electron chi connectivity index (χ3n) is 0. The Labute approximate surface area is 48.6 Å². The van der Waals surface area contributed by atoms with Gasteiger partial charge in [0.25, 0.3) is 0 Å². The van der Waals surface area contributed by atoms with Crippen LogP contribution < -0.4 is 0 Å². The fourth-order valence-corrected chi connectivity index (χ4v) is 0. The van der Waals surface area contributed by atoms with Crippen LogP contribution in [-0.2, 0) is 7.67 Å². The Hall–Kier alpha value is 0.637. The van der Waals surface area contributed by atoms with Crippen LogP contribution in [-0.4, -0.2) is 40.6 Å². The summed E-state index contributed by atoms with van der Waals surface area (Å²) in [5.74, 6) is 0. The Morgan fingerprint density at radius 2 is 1.17 bits per heavy atom. The van der Waals surface area contributed by atoms with Crippen LogP contribution in [0.15, 0.2) is 0 Å². The van der Waals surface area contributed by atoms with Crippen molar-refractivity contribution in [3.05, 3.63) is 0 Å². The molecule has 0 saturated heterocycles. The van der Waals surface area contributed by atoms with Gasteiger partial charge in [-0.3, -0.25) is 0 Å². The van der Waals surface area contributed by atoms with Gasteiger partial charge in [-0.25, -0.2) is 0 Å². The molecule has 0 spiro atoms. The van der Waals surface area contributed by atoms with E-state index in [0.717, 1.165) is 0 Å². The molecule has 4 nitrogen and oxygen atoms in total. The fourth-order valence-electron chi connectivity index (χ4n) is 0. The summed E-state index contributed by atoms with van der Waals surface area (Å²) in [5.41, 5.74) is 0. The van der Waals surface area contributed by atoms with E-state index in [9.17, 15) is 0 Å². The van der Waals surface area contributed by atoms with Gasteiger partial charge in [-0.2, -0.15) is 0 Å². The Morgan fingerprint density at radius 1 is 1.17 bits per heavy atom. The number of hydrogen-bond acceptors (Lipinski definition) is 2. The standard InChI is InChI=1S/Li.H2O4Se.H/c;1-5(2,3)4;/h;(H2,1,2,3,4);. The first-order valence-electron chi connectivity index (χ1n) is 0.698. The summed E-state index contributed by atoms with van der Waals surface area (Å²) in [6, 6.07) is 0. The molecule has 0 bridgehead atoms. The van der Waals surface area contributed by atoms with Crippen LogP contribution in [0, 0.1) is 0 Å². The van der Waals surface area contributed by atoms with E-state index in [2.05, 4.69) is 0 Å². The maximum atomic E-state index is 8.82. The summed E-state index contributed by atoms with van der Waals surface area (Å²) in [4.78, 5) is 0. The van der Waals surface area contributed by atoms with Crippen molar-refractivity contribution in [3.8, 4) is 0 Å². The molecule has 34 valence electrons. The van der Waals surface area contributed by atoms with Crippen molar-refractivity contribution >= 4 is 32.2 Å². The Morgan fingerprint density at radius 3 is 1.17 bits per heavy atom. The van der Waals surface area contributed by atoms with Crippen LogP contribution in [0.25, 0.3) is 0 Å². The molecule has 0 fully saturated rings. The molecular weight excluding hydrogens is 150 g/mol. The van der Waals surface area contributed by atoms with Crippen LogP contribution in [0.5, 0.6) is 0 Å². The van der Waals surface area contributed by atoms with E-state index in [4.69, 9.17) is 16.0 Å². The van der Waals surface area contributed by atoms with E-state index in [-0.39, 0.29) is 18.9 Å². The quantitative estimate of drug-likeness (QED) is 0.381. The molecule has 0 radical (unpaired) electrons. The van der Waals surface area contributed by atoms with Crippen LogP contribution in [0.3, 0.4) is 0 Å². The second kappa shape index (κ2) is 2.75. The minimum atomic E-state index is -5.25. The van der Waals surface area contributed by atoms with Crippen molar-refractivity contribution in [1.29, 1.82) is 0 Å². The first-order valence-corrected chi connectivity index (χ1v) is 3.63. The molecular formula is H3LiO4Se. The fraction of sp³-hybridized carbons (Fsp3) is 0. The predicted molar refractivity (Wildman–Crippen MR) is 18.7 cm³/mol. The Kier molecular flexibility index (Phi) is 4.50. The van der Waals surface area contributed by atoms with Crippen molar-refractivity contribution in [2.45, 2.75) is 0 Å². The van der Waals surface area contributed by atoms with Crippen LogP contribution in [0.4, 0.5) is 0 Å². The number of hydrogen-bond donors (Lipinski definition) is 2. The van der Waals surface area contributed by atoms with Crippen LogP contribution in [0.2, 0.25) is 0 Å². The van der Waals surface area contributed by atoms with Crippen molar-refractivity contribution in [1.82, 2.24) is 0 Å². The molecule has 0 aromatic heterocycles. The molecule has 6 heavy (non-hydrogen) atoms. The SMILES string of the molecule is O=[Se](=O)(O)O.[LiH]. The monoisotopic (exact) mass is 154 g/mol. The van der Waals surface area contributed by atoms with E-state index < -0.39 is 13.4 Å².